The van der Waals surface area contributed by atoms with E-state index in [0.29, 0.717) is 12.2 Å². The summed E-state index contributed by atoms with van der Waals surface area (Å²) in [5, 5.41) is 0. The van der Waals surface area contributed by atoms with E-state index in [2.05, 4.69) is 49.9 Å². The molecular weight excluding hydrogens is 196 g/mol. The highest BCUT2D eigenvalue weighted by Crippen LogP contribution is 2.23. The highest BCUT2D eigenvalue weighted by atomic mass is 15.4. The van der Waals surface area contributed by atoms with Crippen LogP contribution >= 0.6 is 0 Å². The maximum atomic E-state index is 2.51. The Kier molecular flexibility index (Phi) is 5.72. The third-order valence-corrected chi connectivity index (χ3v) is 3.30. The van der Waals surface area contributed by atoms with E-state index in [4.69, 9.17) is 0 Å². The summed E-state index contributed by atoms with van der Waals surface area (Å²) in [7, 11) is 0. The van der Waals surface area contributed by atoms with Gasteiger partial charge in [0, 0.05) is 25.0 Å². The molecule has 0 aromatic rings. The first-order valence-corrected chi connectivity index (χ1v) is 6.92. The van der Waals surface area contributed by atoms with Crippen molar-refractivity contribution in [1.82, 2.24) is 9.80 Å². The molecule has 1 aliphatic rings. The molecule has 0 aliphatic carbocycles. The van der Waals surface area contributed by atoms with Crippen molar-refractivity contribution in [2.75, 3.05) is 6.54 Å². The molecule has 94 valence electrons. The summed E-state index contributed by atoms with van der Waals surface area (Å²) >= 11 is 0. The Morgan fingerprint density at radius 1 is 1.06 bits per heavy atom. The first-order chi connectivity index (χ1) is 7.70. The highest BCUT2D eigenvalue weighted by Gasteiger charge is 2.26. The third kappa shape index (κ3) is 3.43. The summed E-state index contributed by atoms with van der Waals surface area (Å²) in [5.41, 5.74) is 0. The van der Waals surface area contributed by atoms with Gasteiger partial charge in [0.1, 0.15) is 6.17 Å². The van der Waals surface area contributed by atoms with Gasteiger partial charge in [-0.15, -0.1) is 0 Å². The first kappa shape index (κ1) is 13.4. The Hall–Kier alpha value is -0.660. The zero-order valence-corrected chi connectivity index (χ0v) is 11.4. The molecule has 2 heteroatoms. The molecule has 1 rings (SSSR count). The fraction of sp³-hybridized carbons (Fsp3) is 0.857. The molecule has 16 heavy (non-hydrogen) atoms. The van der Waals surface area contributed by atoms with Crippen LogP contribution in [0, 0.1) is 0 Å². The maximum Gasteiger partial charge on any atom is 0.101 e. The monoisotopic (exact) mass is 224 g/mol. The van der Waals surface area contributed by atoms with Crippen LogP contribution in [0.15, 0.2) is 12.4 Å². The largest absolute Gasteiger partial charge is 0.356 e. The number of nitrogens with zero attached hydrogens (tertiary/aromatic N) is 2. The van der Waals surface area contributed by atoms with Gasteiger partial charge in [-0.2, -0.15) is 0 Å². The fourth-order valence-corrected chi connectivity index (χ4v) is 2.42. The SMILES string of the molecule is CCCCCC1N(CCC)C=CN1C(C)C. The third-order valence-electron chi connectivity index (χ3n) is 3.30. The second-order valence-corrected chi connectivity index (χ2v) is 5.05. The molecule has 2 nitrogen and oxygen atoms in total. The van der Waals surface area contributed by atoms with Crippen molar-refractivity contribution >= 4 is 0 Å². The molecule has 1 heterocycles. The second-order valence-electron chi connectivity index (χ2n) is 5.05. The van der Waals surface area contributed by atoms with E-state index >= 15 is 0 Å². The van der Waals surface area contributed by atoms with Gasteiger partial charge >= 0.3 is 0 Å². The van der Waals surface area contributed by atoms with Gasteiger partial charge in [0.15, 0.2) is 0 Å². The van der Waals surface area contributed by atoms with Gasteiger partial charge < -0.3 is 9.80 Å². The Labute approximate surface area is 101 Å². The molecule has 1 aliphatic heterocycles. The average Bonchev–Trinajstić information content (AvgIpc) is 2.63. The van der Waals surface area contributed by atoms with Crippen molar-refractivity contribution in [1.29, 1.82) is 0 Å². The van der Waals surface area contributed by atoms with Crippen LogP contribution in [0.2, 0.25) is 0 Å². The van der Waals surface area contributed by atoms with Gasteiger partial charge in [0.25, 0.3) is 0 Å². The number of unbranched alkanes of at least 4 members (excludes halogenated alkanes) is 2. The number of rotatable bonds is 7. The van der Waals surface area contributed by atoms with E-state index in [1.807, 2.05) is 0 Å². The smallest absolute Gasteiger partial charge is 0.101 e. The predicted octanol–water partition coefficient (Wildman–Crippen LogP) is 3.80. The number of hydrogen-bond donors (Lipinski definition) is 0. The van der Waals surface area contributed by atoms with Crippen LogP contribution in [0.3, 0.4) is 0 Å². The molecule has 0 amide bonds. The summed E-state index contributed by atoms with van der Waals surface area (Å²) < 4.78 is 0. The van der Waals surface area contributed by atoms with Crippen molar-refractivity contribution in [3.63, 3.8) is 0 Å². The molecule has 1 atom stereocenters. The van der Waals surface area contributed by atoms with Crippen molar-refractivity contribution in [2.45, 2.75) is 72.0 Å². The van der Waals surface area contributed by atoms with E-state index in [-0.39, 0.29) is 0 Å². The lowest BCUT2D eigenvalue weighted by atomic mass is 10.1. The Morgan fingerprint density at radius 3 is 2.38 bits per heavy atom. The van der Waals surface area contributed by atoms with Crippen molar-refractivity contribution < 1.29 is 0 Å². The van der Waals surface area contributed by atoms with Crippen LogP contribution in [0.5, 0.6) is 0 Å². The lowest BCUT2D eigenvalue weighted by molar-refractivity contribution is 0.115. The zero-order chi connectivity index (χ0) is 12.0. The molecule has 0 aromatic heterocycles. The molecule has 1 unspecified atom stereocenters. The maximum absolute atomic E-state index is 2.51. The van der Waals surface area contributed by atoms with Gasteiger partial charge in [-0.25, -0.2) is 0 Å². The normalized spacial score (nSPS) is 20.2. The molecule has 0 fully saturated rings. The summed E-state index contributed by atoms with van der Waals surface area (Å²) in [4.78, 5) is 5.01. The van der Waals surface area contributed by atoms with Crippen molar-refractivity contribution in [3.05, 3.63) is 12.4 Å². The van der Waals surface area contributed by atoms with E-state index in [9.17, 15) is 0 Å². The molecule has 0 N–H and O–H groups in total. The minimum absolute atomic E-state index is 0.615. The van der Waals surface area contributed by atoms with Crippen LogP contribution in [-0.4, -0.2) is 28.6 Å². The van der Waals surface area contributed by atoms with Gasteiger partial charge in [0.2, 0.25) is 0 Å². The lowest BCUT2D eigenvalue weighted by Gasteiger charge is -2.35. The molecular formula is C14H28N2. The van der Waals surface area contributed by atoms with Gasteiger partial charge in [-0.3, -0.25) is 0 Å². The molecule has 0 bridgehead atoms. The topological polar surface area (TPSA) is 6.48 Å². The van der Waals surface area contributed by atoms with Crippen molar-refractivity contribution in [3.8, 4) is 0 Å². The van der Waals surface area contributed by atoms with Gasteiger partial charge in [-0.1, -0.05) is 26.7 Å². The summed E-state index contributed by atoms with van der Waals surface area (Å²) in [6.07, 6.45) is 11.7. The van der Waals surface area contributed by atoms with Crippen LogP contribution in [0.4, 0.5) is 0 Å². The second kappa shape index (κ2) is 6.82. The van der Waals surface area contributed by atoms with Crippen LogP contribution < -0.4 is 0 Å². The Bertz CT molecular complexity index is 211. The standard InChI is InChI=1S/C14H28N2/c1-5-7-8-9-14-15(10-6-2)11-12-16(14)13(3)4/h11-14H,5-10H2,1-4H3. The minimum Gasteiger partial charge on any atom is -0.356 e. The summed E-state index contributed by atoms with van der Waals surface area (Å²) in [6, 6.07) is 0.615. The first-order valence-electron chi connectivity index (χ1n) is 6.92. The fourth-order valence-electron chi connectivity index (χ4n) is 2.42. The van der Waals surface area contributed by atoms with Crippen molar-refractivity contribution in [2.24, 2.45) is 0 Å². The van der Waals surface area contributed by atoms with E-state index in [1.54, 1.807) is 0 Å². The minimum atomic E-state index is 0.615. The summed E-state index contributed by atoms with van der Waals surface area (Å²) in [5.74, 6) is 0. The van der Waals surface area contributed by atoms with Crippen LogP contribution in [0.25, 0.3) is 0 Å². The highest BCUT2D eigenvalue weighted by molar-refractivity contribution is 4.98. The Balaban J connectivity index is 2.50. The summed E-state index contributed by atoms with van der Waals surface area (Å²) in [6.45, 7) is 10.3. The van der Waals surface area contributed by atoms with Crippen LogP contribution in [-0.2, 0) is 0 Å². The van der Waals surface area contributed by atoms with E-state index in [0.717, 1.165) is 0 Å². The number of hydrogen-bond acceptors (Lipinski definition) is 2. The van der Waals surface area contributed by atoms with Gasteiger partial charge in [-0.05, 0) is 33.1 Å². The Morgan fingerprint density at radius 2 is 1.81 bits per heavy atom. The van der Waals surface area contributed by atoms with E-state index in [1.165, 1.54) is 38.6 Å². The molecule has 0 spiro atoms. The molecule has 0 aromatic carbocycles. The lowest BCUT2D eigenvalue weighted by Crippen LogP contribution is -2.42. The molecule has 0 saturated heterocycles. The average molecular weight is 224 g/mol. The van der Waals surface area contributed by atoms with Gasteiger partial charge in [0.05, 0.1) is 0 Å². The molecule has 0 saturated carbocycles. The predicted molar refractivity (Wildman–Crippen MR) is 71.0 cm³/mol. The van der Waals surface area contributed by atoms with E-state index < -0.39 is 0 Å². The molecule has 0 radical (unpaired) electrons. The van der Waals surface area contributed by atoms with Crippen LogP contribution in [0.1, 0.15) is 59.8 Å². The zero-order valence-electron chi connectivity index (χ0n) is 11.4. The quantitative estimate of drug-likeness (QED) is 0.607.